The van der Waals surface area contributed by atoms with Gasteiger partial charge in [0, 0.05) is 18.9 Å². The number of piperidine rings is 1. The summed E-state index contributed by atoms with van der Waals surface area (Å²) in [5.41, 5.74) is 1.62. The van der Waals surface area contributed by atoms with E-state index in [1.807, 2.05) is 24.3 Å². The molecule has 0 aliphatic carbocycles. The number of anilines is 1. The van der Waals surface area contributed by atoms with Gasteiger partial charge in [-0.15, -0.1) is 6.42 Å². The molecule has 1 aliphatic heterocycles. The Hall–Kier alpha value is -4.25. The van der Waals surface area contributed by atoms with Gasteiger partial charge in [-0.05, 0) is 43.2 Å². The van der Waals surface area contributed by atoms with Gasteiger partial charge in [-0.1, -0.05) is 24.1 Å². The molecule has 2 aromatic carbocycles. The maximum absolute atomic E-state index is 14.8. The SMILES string of the molecule is C#C[C@H]1[C@H](Nc2nc3ccccc3o2)CCCN1C(=O)c1cccc(F)c1-c1ncccn1. The minimum absolute atomic E-state index is 0.0629. The lowest BCUT2D eigenvalue weighted by Gasteiger charge is -2.38. The molecule has 5 rings (SSSR count). The van der Waals surface area contributed by atoms with E-state index >= 15 is 0 Å². The van der Waals surface area contributed by atoms with E-state index in [4.69, 9.17) is 10.8 Å². The number of nitrogens with zero attached hydrogens (tertiary/aromatic N) is 4. The summed E-state index contributed by atoms with van der Waals surface area (Å²) in [6.45, 7) is 0.449. The zero-order chi connectivity index (χ0) is 22.8. The Morgan fingerprint density at radius 3 is 2.76 bits per heavy atom. The molecule has 0 unspecified atom stereocenters. The van der Waals surface area contributed by atoms with E-state index in [1.165, 1.54) is 24.5 Å². The Morgan fingerprint density at radius 2 is 1.97 bits per heavy atom. The normalized spacial score (nSPS) is 18.1. The number of benzene rings is 2. The van der Waals surface area contributed by atoms with Crippen molar-refractivity contribution >= 4 is 23.0 Å². The van der Waals surface area contributed by atoms with Crippen molar-refractivity contribution in [2.75, 3.05) is 11.9 Å². The standard InChI is InChI=1S/C25H20FN5O2/c1-2-20-18(29-25-30-19-10-3-4-12-21(19)33-25)11-6-15-31(20)24(32)16-8-5-9-17(26)22(16)23-27-13-7-14-28-23/h1,3-5,7-10,12-14,18,20H,6,11,15H2,(H,29,30)/t18-,20+/m1/s1. The van der Waals surface area contributed by atoms with Gasteiger partial charge in [0.2, 0.25) is 0 Å². The highest BCUT2D eigenvalue weighted by Gasteiger charge is 2.35. The highest BCUT2D eigenvalue weighted by molar-refractivity contribution is 6.00. The summed E-state index contributed by atoms with van der Waals surface area (Å²) < 4.78 is 20.6. The zero-order valence-corrected chi connectivity index (χ0v) is 17.6. The number of oxazole rings is 1. The quantitative estimate of drug-likeness (QED) is 0.479. The van der Waals surface area contributed by atoms with E-state index in [1.54, 1.807) is 17.0 Å². The highest BCUT2D eigenvalue weighted by Crippen LogP contribution is 2.29. The topological polar surface area (TPSA) is 84.2 Å². The van der Waals surface area contributed by atoms with Crippen LogP contribution in [-0.4, -0.2) is 44.4 Å². The number of carbonyl (C=O) groups is 1. The van der Waals surface area contributed by atoms with Crippen LogP contribution in [0.2, 0.25) is 0 Å². The number of likely N-dealkylation sites (tertiary alicyclic amines) is 1. The maximum atomic E-state index is 14.8. The van der Waals surface area contributed by atoms with Crippen LogP contribution in [0, 0.1) is 18.2 Å². The Morgan fingerprint density at radius 1 is 1.15 bits per heavy atom. The molecule has 164 valence electrons. The number of fused-ring (bicyclic) bond motifs is 1. The van der Waals surface area contributed by atoms with Crippen molar-refractivity contribution in [3.05, 3.63) is 72.3 Å². The molecule has 1 N–H and O–H groups in total. The Kier molecular flexibility index (Phi) is 5.45. The second-order valence-electron chi connectivity index (χ2n) is 7.72. The van der Waals surface area contributed by atoms with Crippen molar-refractivity contribution in [1.29, 1.82) is 0 Å². The first-order chi connectivity index (χ1) is 16.2. The number of aromatic nitrogens is 3. The second kappa shape index (κ2) is 8.71. The van der Waals surface area contributed by atoms with Gasteiger partial charge in [-0.25, -0.2) is 14.4 Å². The molecular formula is C25H20FN5O2. The van der Waals surface area contributed by atoms with Crippen molar-refractivity contribution in [3.8, 4) is 23.7 Å². The van der Waals surface area contributed by atoms with Gasteiger partial charge in [0.1, 0.15) is 17.4 Å². The van der Waals surface area contributed by atoms with Crippen molar-refractivity contribution in [1.82, 2.24) is 19.9 Å². The molecule has 7 nitrogen and oxygen atoms in total. The fourth-order valence-corrected chi connectivity index (χ4v) is 4.19. The number of rotatable bonds is 4. The predicted molar refractivity (Wildman–Crippen MR) is 122 cm³/mol. The van der Waals surface area contributed by atoms with Crippen LogP contribution < -0.4 is 5.32 Å². The lowest BCUT2D eigenvalue weighted by atomic mass is 9.94. The monoisotopic (exact) mass is 441 g/mol. The minimum Gasteiger partial charge on any atom is -0.424 e. The summed E-state index contributed by atoms with van der Waals surface area (Å²) in [4.78, 5) is 27.9. The zero-order valence-electron chi connectivity index (χ0n) is 17.6. The molecule has 2 aromatic heterocycles. The summed E-state index contributed by atoms with van der Waals surface area (Å²) >= 11 is 0. The molecule has 1 saturated heterocycles. The smallest absolute Gasteiger partial charge is 0.296 e. The summed E-state index contributed by atoms with van der Waals surface area (Å²) in [6, 6.07) is 12.9. The Balaban J connectivity index is 1.45. The number of terminal acetylenes is 1. The number of hydrogen-bond acceptors (Lipinski definition) is 6. The third kappa shape index (κ3) is 3.89. The minimum atomic E-state index is -0.575. The van der Waals surface area contributed by atoms with Crippen LogP contribution in [0.15, 0.2) is 65.3 Å². The largest absolute Gasteiger partial charge is 0.424 e. The molecule has 0 bridgehead atoms. The van der Waals surface area contributed by atoms with Gasteiger partial charge >= 0.3 is 0 Å². The van der Waals surface area contributed by atoms with Gasteiger partial charge in [0.15, 0.2) is 11.4 Å². The number of nitrogens with one attached hydrogen (secondary N) is 1. The van der Waals surface area contributed by atoms with Gasteiger partial charge in [-0.3, -0.25) is 4.79 Å². The molecule has 8 heteroatoms. The van der Waals surface area contributed by atoms with Crippen LogP contribution >= 0.6 is 0 Å². The van der Waals surface area contributed by atoms with Crippen LogP contribution in [0.1, 0.15) is 23.2 Å². The summed E-state index contributed by atoms with van der Waals surface area (Å²) in [6.07, 6.45) is 10.3. The summed E-state index contributed by atoms with van der Waals surface area (Å²) in [5.74, 6) is 1.94. The Bertz CT molecular complexity index is 1310. The fraction of sp³-hybridized carbons (Fsp3) is 0.200. The predicted octanol–water partition coefficient (Wildman–Crippen LogP) is 4.14. The lowest BCUT2D eigenvalue weighted by molar-refractivity contribution is 0.0657. The molecule has 33 heavy (non-hydrogen) atoms. The summed E-state index contributed by atoms with van der Waals surface area (Å²) in [7, 11) is 0. The van der Waals surface area contributed by atoms with E-state index in [-0.39, 0.29) is 28.9 Å². The van der Waals surface area contributed by atoms with Crippen molar-refractivity contribution < 1.29 is 13.6 Å². The molecule has 0 spiro atoms. The van der Waals surface area contributed by atoms with E-state index in [9.17, 15) is 9.18 Å². The van der Waals surface area contributed by atoms with Crippen molar-refractivity contribution in [2.45, 2.75) is 24.9 Å². The van der Waals surface area contributed by atoms with Crippen LogP contribution in [0.5, 0.6) is 0 Å². The third-order valence-corrected chi connectivity index (χ3v) is 5.70. The average molecular weight is 441 g/mol. The molecule has 0 saturated carbocycles. The van der Waals surface area contributed by atoms with Crippen molar-refractivity contribution in [3.63, 3.8) is 0 Å². The number of hydrogen-bond donors (Lipinski definition) is 1. The van der Waals surface area contributed by atoms with Gasteiger partial charge in [-0.2, -0.15) is 4.98 Å². The molecule has 3 heterocycles. The van der Waals surface area contributed by atoms with E-state index in [0.29, 0.717) is 24.6 Å². The van der Waals surface area contributed by atoms with E-state index in [0.717, 1.165) is 11.9 Å². The molecule has 1 amide bonds. The number of carbonyl (C=O) groups excluding carboxylic acids is 1. The first kappa shape index (κ1) is 20.6. The van der Waals surface area contributed by atoms with Crippen LogP contribution in [-0.2, 0) is 0 Å². The lowest BCUT2D eigenvalue weighted by Crippen LogP contribution is -2.53. The number of halogens is 1. The van der Waals surface area contributed by atoms with Gasteiger partial charge < -0.3 is 14.6 Å². The van der Waals surface area contributed by atoms with Crippen LogP contribution in [0.4, 0.5) is 10.4 Å². The van der Waals surface area contributed by atoms with Crippen LogP contribution in [0.3, 0.4) is 0 Å². The highest BCUT2D eigenvalue weighted by atomic mass is 19.1. The van der Waals surface area contributed by atoms with Gasteiger partial charge in [0.05, 0.1) is 17.2 Å². The molecule has 4 aromatic rings. The molecule has 0 radical (unpaired) electrons. The molecular weight excluding hydrogens is 421 g/mol. The first-order valence-electron chi connectivity index (χ1n) is 10.6. The molecule has 1 aliphatic rings. The molecule has 2 atom stereocenters. The summed E-state index contributed by atoms with van der Waals surface area (Å²) in [5, 5.41) is 3.25. The average Bonchev–Trinajstić information content (AvgIpc) is 3.26. The number of amides is 1. The van der Waals surface area contributed by atoms with Crippen LogP contribution in [0.25, 0.3) is 22.5 Å². The van der Waals surface area contributed by atoms with Gasteiger partial charge in [0.25, 0.3) is 11.9 Å². The fourth-order valence-electron chi connectivity index (χ4n) is 4.19. The third-order valence-electron chi connectivity index (χ3n) is 5.70. The second-order valence-corrected chi connectivity index (χ2v) is 7.72. The molecule has 1 fully saturated rings. The van der Waals surface area contributed by atoms with E-state index in [2.05, 4.69) is 26.2 Å². The Labute approximate surface area is 189 Å². The maximum Gasteiger partial charge on any atom is 0.296 e. The van der Waals surface area contributed by atoms with E-state index < -0.39 is 11.9 Å². The first-order valence-corrected chi connectivity index (χ1v) is 10.6. The number of para-hydroxylation sites is 2. The van der Waals surface area contributed by atoms with Crippen molar-refractivity contribution in [2.24, 2.45) is 0 Å².